The Morgan fingerprint density at radius 3 is 2.50 bits per heavy atom. The van der Waals surface area contributed by atoms with Crippen molar-refractivity contribution < 1.29 is 27.6 Å². The molecule has 0 radical (unpaired) electrons. The molecule has 0 aliphatic carbocycles. The van der Waals surface area contributed by atoms with E-state index in [-0.39, 0.29) is 11.4 Å². The minimum atomic E-state index is -4.56. The number of imide groups is 1. The van der Waals surface area contributed by atoms with Crippen LogP contribution in [0.5, 0.6) is 0 Å². The average Bonchev–Trinajstić information content (AvgIpc) is 2.96. The van der Waals surface area contributed by atoms with Crippen molar-refractivity contribution in [1.29, 1.82) is 0 Å². The smallest absolute Gasteiger partial charge is 0.325 e. The number of alkyl halides is 3. The van der Waals surface area contributed by atoms with Crippen LogP contribution in [0.4, 0.5) is 23.7 Å². The van der Waals surface area contributed by atoms with Crippen molar-refractivity contribution in [3.63, 3.8) is 0 Å². The van der Waals surface area contributed by atoms with E-state index >= 15 is 0 Å². The number of rotatable bonds is 5. The van der Waals surface area contributed by atoms with Gasteiger partial charge in [0.2, 0.25) is 5.91 Å². The first-order valence-electron chi connectivity index (χ1n) is 8.77. The number of benzene rings is 2. The number of allylic oxidation sites excluding steroid dienone is 2. The van der Waals surface area contributed by atoms with E-state index in [9.17, 15) is 27.6 Å². The monoisotopic (exact) mass is 415 g/mol. The lowest BCUT2D eigenvalue weighted by Gasteiger charge is -2.13. The number of carbonyl (C=O) groups excluding carboxylic acids is 3. The van der Waals surface area contributed by atoms with Crippen molar-refractivity contribution in [2.45, 2.75) is 6.18 Å². The molecule has 1 aliphatic heterocycles. The first-order valence-corrected chi connectivity index (χ1v) is 8.77. The van der Waals surface area contributed by atoms with Gasteiger partial charge in [-0.05, 0) is 29.8 Å². The Hall–Kier alpha value is -3.88. The lowest BCUT2D eigenvalue weighted by Crippen LogP contribution is -2.38. The Labute approximate surface area is 169 Å². The van der Waals surface area contributed by atoms with Crippen molar-refractivity contribution in [3.05, 3.63) is 83.6 Å². The fraction of sp³-hybridized carbons (Fsp3) is 0.0952. The molecule has 30 heavy (non-hydrogen) atoms. The molecule has 2 N–H and O–H groups in total. The third kappa shape index (κ3) is 5.13. The Balaban J connectivity index is 1.63. The zero-order chi connectivity index (χ0) is 21.7. The molecule has 6 nitrogen and oxygen atoms in total. The number of carbonyl (C=O) groups is 3. The number of hydrogen-bond donors (Lipinski definition) is 2. The number of nitrogens with one attached hydrogen (secondary N) is 2. The summed E-state index contributed by atoms with van der Waals surface area (Å²) in [6.45, 7) is -0.638. The number of anilines is 1. The Morgan fingerprint density at radius 2 is 1.80 bits per heavy atom. The number of nitrogens with zero attached hydrogens (tertiary/aromatic N) is 1. The Kier molecular flexibility index (Phi) is 6.01. The second-order valence-electron chi connectivity index (χ2n) is 6.30. The van der Waals surface area contributed by atoms with Crippen LogP contribution in [0, 0.1) is 0 Å². The third-order valence-corrected chi connectivity index (χ3v) is 4.09. The van der Waals surface area contributed by atoms with Crippen LogP contribution in [-0.4, -0.2) is 29.3 Å². The minimum absolute atomic E-state index is 0.0148. The zero-order valence-corrected chi connectivity index (χ0v) is 15.4. The third-order valence-electron chi connectivity index (χ3n) is 4.09. The molecule has 0 atom stereocenters. The van der Waals surface area contributed by atoms with Gasteiger partial charge < -0.3 is 10.6 Å². The summed E-state index contributed by atoms with van der Waals surface area (Å²) in [5, 5.41) is 4.61. The lowest BCUT2D eigenvalue weighted by molar-refractivity contribution is -0.137. The van der Waals surface area contributed by atoms with Gasteiger partial charge in [0, 0.05) is 5.69 Å². The molecule has 4 amide bonds. The minimum Gasteiger partial charge on any atom is -0.325 e. The van der Waals surface area contributed by atoms with Gasteiger partial charge in [0.15, 0.2) is 0 Å². The molecule has 1 saturated heterocycles. The van der Waals surface area contributed by atoms with Gasteiger partial charge in [-0.3, -0.25) is 9.59 Å². The van der Waals surface area contributed by atoms with Crippen molar-refractivity contribution in [3.8, 4) is 0 Å². The Bertz CT molecular complexity index is 1030. The number of urea groups is 1. The number of halogens is 3. The highest BCUT2D eigenvalue weighted by Gasteiger charge is 2.35. The maximum Gasteiger partial charge on any atom is 0.416 e. The van der Waals surface area contributed by atoms with Crippen molar-refractivity contribution >= 4 is 29.6 Å². The fourth-order valence-electron chi connectivity index (χ4n) is 2.67. The van der Waals surface area contributed by atoms with Gasteiger partial charge in [-0.2, -0.15) is 13.2 Å². The molecule has 0 spiro atoms. The summed E-state index contributed by atoms with van der Waals surface area (Å²) in [6.07, 6.45) is 0.154. The van der Waals surface area contributed by atoms with Crippen LogP contribution >= 0.6 is 0 Å². The quantitative estimate of drug-likeness (QED) is 0.576. The molecule has 3 rings (SSSR count). The summed E-state index contributed by atoms with van der Waals surface area (Å²) in [5.74, 6) is -1.52. The molecule has 0 aromatic heterocycles. The summed E-state index contributed by atoms with van der Waals surface area (Å²) < 4.78 is 38.3. The van der Waals surface area contributed by atoms with Crippen LogP contribution in [0.15, 0.2) is 72.4 Å². The van der Waals surface area contributed by atoms with Crippen LogP contribution in [0.2, 0.25) is 0 Å². The molecular weight excluding hydrogens is 399 g/mol. The summed E-state index contributed by atoms with van der Waals surface area (Å²) >= 11 is 0. The van der Waals surface area contributed by atoms with Gasteiger partial charge in [-0.15, -0.1) is 0 Å². The van der Waals surface area contributed by atoms with Crippen LogP contribution in [0.25, 0.3) is 6.08 Å². The molecule has 2 aromatic rings. The van der Waals surface area contributed by atoms with E-state index < -0.39 is 36.1 Å². The van der Waals surface area contributed by atoms with E-state index in [2.05, 4.69) is 10.6 Å². The zero-order valence-electron chi connectivity index (χ0n) is 15.4. The highest BCUT2D eigenvalue weighted by molar-refractivity contribution is 6.14. The van der Waals surface area contributed by atoms with Crippen LogP contribution < -0.4 is 10.6 Å². The standard InChI is InChI=1S/C21H16F3N3O3/c22-21(23,24)15-9-5-10-16(12-15)25-18(28)13-27-19(29)17(26-20(27)30)11-4-8-14-6-2-1-3-7-14/h1-12H,13H2,(H,25,28)(H,26,30)/b8-4+,17-11-. The van der Waals surface area contributed by atoms with Gasteiger partial charge in [-0.25, -0.2) is 9.69 Å². The van der Waals surface area contributed by atoms with E-state index in [1.165, 1.54) is 12.1 Å². The van der Waals surface area contributed by atoms with Crippen LogP contribution in [0.3, 0.4) is 0 Å². The summed E-state index contributed by atoms with van der Waals surface area (Å²) in [4.78, 5) is 37.1. The molecule has 0 unspecified atom stereocenters. The number of hydrogen-bond acceptors (Lipinski definition) is 3. The molecule has 1 fully saturated rings. The van der Waals surface area contributed by atoms with Gasteiger partial charge in [-0.1, -0.05) is 48.6 Å². The van der Waals surface area contributed by atoms with E-state index in [1.54, 1.807) is 12.2 Å². The topological polar surface area (TPSA) is 78.5 Å². The second kappa shape index (κ2) is 8.64. The van der Waals surface area contributed by atoms with E-state index in [0.29, 0.717) is 4.90 Å². The maximum absolute atomic E-state index is 12.8. The molecule has 2 aromatic carbocycles. The fourth-order valence-corrected chi connectivity index (χ4v) is 2.67. The molecule has 9 heteroatoms. The molecule has 0 bridgehead atoms. The summed E-state index contributed by atoms with van der Waals surface area (Å²) in [7, 11) is 0. The van der Waals surface area contributed by atoms with Crippen molar-refractivity contribution in [2.75, 3.05) is 11.9 Å². The first kappa shape index (κ1) is 20.8. The average molecular weight is 415 g/mol. The van der Waals surface area contributed by atoms with Gasteiger partial charge in [0.1, 0.15) is 12.2 Å². The summed E-state index contributed by atoms with van der Waals surface area (Å²) in [6, 6.07) is 12.5. The summed E-state index contributed by atoms with van der Waals surface area (Å²) in [5.41, 5.74) is -0.142. The highest BCUT2D eigenvalue weighted by Crippen LogP contribution is 2.30. The van der Waals surface area contributed by atoms with E-state index in [1.807, 2.05) is 30.3 Å². The maximum atomic E-state index is 12.8. The van der Waals surface area contributed by atoms with Crippen LogP contribution in [-0.2, 0) is 15.8 Å². The van der Waals surface area contributed by atoms with E-state index in [0.717, 1.165) is 23.8 Å². The van der Waals surface area contributed by atoms with Crippen molar-refractivity contribution in [2.24, 2.45) is 0 Å². The van der Waals surface area contributed by atoms with Gasteiger partial charge >= 0.3 is 12.2 Å². The van der Waals surface area contributed by atoms with Crippen molar-refractivity contribution in [1.82, 2.24) is 10.2 Å². The molecular formula is C21H16F3N3O3. The van der Waals surface area contributed by atoms with E-state index in [4.69, 9.17) is 0 Å². The number of amides is 4. The molecule has 0 saturated carbocycles. The molecule has 154 valence electrons. The Morgan fingerprint density at radius 1 is 1.07 bits per heavy atom. The SMILES string of the molecule is O=C(CN1C(=O)N/C(=C\C=C\c2ccccc2)C1=O)Nc1cccc(C(F)(F)F)c1. The second-order valence-corrected chi connectivity index (χ2v) is 6.30. The van der Waals surface area contributed by atoms with Crippen LogP contribution in [0.1, 0.15) is 11.1 Å². The lowest BCUT2D eigenvalue weighted by atomic mass is 10.2. The van der Waals surface area contributed by atoms with Gasteiger partial charge in [0.05, 0.1) is 5.56 Å². The largest absolute Gasteiger partial charge is 0.416 e. The molecule has 1 heterocycles. The predicted octanol–water partition coefficient (Wildman–Crippen LogP) is 3.79. The van der Waals surface area contributed by atoms with Gasteiger partial charge in [0.25, 0.3) is 5.91 Å². The molecule has 1 aliphatic rings. The predicted molar refractivity (Wildman–Crippen MR) is 104 cm³/mol. The normalized spacial score (nSPS) is 15.7. The first-order chi connectivity index (χ1) is 14.2. The highest BCUT2D eigenvalue weighted by atomic mass is 19.4.